The fourth-order valence-corrected chi connectivity index (χ4v) is 0.642. The molecule has 0 N–H and O–H groups in total. The quantitative estimate of drug-likeness (QED) is 0.591. The van der Waals surface area contributed by atoms with E-state index < -0.39 is 0 Å². The molecule has 0 bridgehead atoms. The smallest absolute Gasteiger partial charge is 0.262 e. The third-order valence-electron chi connectivity index (χ3n) is 1.18. The molecule has 2 heteroatoms. The Morgan fingerprint density at radius 3 is 2.70 bits per heavy atom. The van der Waals surface area contributed by atoms with Crippen molar-refractivity contribution in [1.29, 1.82) is 5.26 Å². The van der Waals surface area contributed by atoms with Gasteiger partial charge in [0.05, 0.1) is 0 Å². The van der Waals surface area contributed by atoms with Crippen molar-refractivity contribution in [2.75, 3.05) is 0 Å². The van der Waals surface area contributed by atoms with Crippen LogP contribution in [-0.4, -0.2) is 0 Å². The van der Waals surface area contributed by atoms with Gasteiger partial charge in [-0.05, 0) is 6.07 Å². The molecule has 0 atom stereocenters. The number of nitrogens with zero attached hydrogens (tertiary/aromatic N) is 1. The fourth-order valence-electron chi connectivity index (χ4n) is 0.642. The molecule has 0 amide bonds. The molecule has 0 radical (unpaired) electrons. The van der Waals surface area contributed by atoms with Gasteiger partial charge in [-0.25, -0.2) is 0 Å². The Balaban J connectivity index is 0.000000810. The normalized spacial score (nSPS) is 7.60. The van der Waals surface area contributed by atoms with Gasteiger partial charge in [-0.2, -0.15) is 0 Å². The summed E-state index contributed by atoms with van der Waals surface area (Å²) in [6, 6.07) is 10.4. The monoisotopic (exact) mass is 205 g/mol. The maximum atomic E-state index is 8.44. The molecule has 0 aliphatic rings. The van der Waals surface area contributed by atoms with Gasteiger partial charge in [-0.3, -0.25) is 5.26 Å². The first-order chi connectivity index (χ1) is 4.34. The molecule has 0 heterocycles. The summed E-state index contributed by atoms with van der Waals surface area (Å²) in [5.41, 5.74) is 1.62. The summed E-state index contributed by atoms with van der Waals surface area (Å²) in [6.07, 6.45) is 0. The van der Waals surface area contributed by atoms with Gasteiger partial charge in [0.1, 0.15) is 0 Å². The minimum atomic E-state index is 0. The molecular weight excluding hydrogens is 199 g/mol. The second-order valence-electron chi connectivity index (χ2n) is 1.84. The Morgan fingerprint density at radius 1 is 1.60 bits per heavy atom. The molecule has 10 heavy (non-hydrogen) atoms. The van der Waals surface area contributed by atoms with E-state index in [0.717, 1.165) is 5.56 Å². The molecule has 44 valence electrons. The largest absolute Gasteiger partial charge is 3.00 e. The van der Waals surface area contributed by atoms with E-state index in [4.69, 9.17) is 5.26 Å². The van der Waals surface area contributed by atoms with Crippen LogP contribution in [0.15, 0.2) is 18.2 Å². The third kappa shape index (κ3) is 2.21. The van der Waals surface area contributed by atoms with E-state index in [1.807, 2.05) is 25.1 Å². The molecule has 0 aliphatic carbocycles. The van der Waals surface area contributed by atoms with Crippen molar-refractivity contribution in [3.05, 3.63) is 35.4 Å². The summed E-state index contributed by atoms with van der Waals surface area (Å²) in [5.74, 6) is 0. The van der Waals surface area contributed by atoms with Crippen LogP contribution < -0.4 is 0 Å². The number of benzene rings is 1. The molecule has 0 fully saturated rings. The maximum Gasteiger partial charge on any atom is 3.00 e. The van der Waals surface area contributed by atoms with Crippen LogP contribution in [0, 0.1) is 24.3 Å². The summed E-state index contributed by atoms with van der Waals surface area (Å²) in [7, 11) is 0. The van der Waals surface area contributed by atoms with Gasteiger partial charge in [0.25, 0.3) is 0 Å². The van der Waals surface area contributed by atoms with Crippen molar-refractivity contribution >= 4 is 0 Å². The maximum absolute atomic E-state index is 8.44. The van der Waals surface area contributed by atoms with Crippen LogP contribution in [0.2, 0.25) is 0 Å². The Morgan fingerprint density at radius 2 is 2.30 bits per heavy atom. The van der Waals surface area contributed by atoms with E-state index in [0.29, 0.717) is 5.56 Å². The molecule has 1 rings (SSSR count). The summed E-state index contributed by atoms with van der Waals surface area (Å²) in [6.45, 7) is 1.90. The number of hydrogen-bond donors (Lipinski definition) is 0. The van der Waals surface area contributed by atoms with Crippen molar-refractivity contribution in [3.8, 4) is 6.07 Å². The summed E-state index contributed by atoms with van der Waals surface area (Å²) < 4.78 is 0. The standard InChI is InChI=1S/C8H6N.Y/c1-7-4-2-3-5-8(7)6-9;/h2-4H,1H3;/q-1;+3. The van der Waals surface area contributed by atoms with Crippen LogP contribution in [-0.2, 0) is 32.7 Å². The van der Waals surface area contributed by atoms with E-state index in [1.54, 1.807) is 6.07 Å². The first-order valence-corrected chi connectivity index (χ1v) is 2.72. The Hall–Kier alpha value is -0.186. The third-order valence-corrected chi connectivity index (χ3v) is 1.18. The van der Waals surface area contributed by atoms with Crippen LogP contribution in [0.5, 0.6) is 0 Å². The molecular formula is C8H6NY+2. The Kier molecular flexibility index (Phi) is 4.52. The molecule has 1 nitrogen and oxygen atoms in total. The molecule has 0 unspecified atom stereocenters. The van der Waals surface area contributed by atoms with Gasteiger partial charge >= 0.3 is 32.7 Å². The molecule has 0 aromatic heterocycles. The summed E-state index contributed by atoms with van der Waals surface area (Å²) >= 11 is 0. The molecule has 0 saturated carbocycles. The minimum Gasteiger partial charge on any atom is -0.262 e. The van der Waals surface area contributed by atoms with Gasteiger partial charge in [0.2, 0.25) is 0 Å². The first kappa shape index (κ1) is 9.81. The number of hydrogen-bond acceptors (Lipinski definition) is 1. The van der Waals surface area contributed by atoms with E-state index in [1.165, 1.54) is 0 Å². The summed E-state index contributed by atoms with van der Waals surface area (Å²) in [5, 5.41) is 8.44. The van der Waals surface area contributed by atoms with Gasteiger partial charge < -0.3 is 0 Å². The topological polar surface area (TPSA) is 23.8 Å². The van der Waals surface area contributed by atoms with Crippen molar-refractivity contribution in [3.63, 3.8) is 0 Å². The van der Waals surface area contributed by atoms with Gasteiger partial charge in [-0.1, -0.05) is 12.5 Å². The van der Waals surface area contributed by atoms with E-state index >= 15 is 0 Å². The van der Waals surface area contributed by atoms with Crippen LogP contribution >= 0.6 is 0 Å². The Labute approximate surface area is 85.9 Å². The number of rotatable bonds is 0. The number of aryl methyl sites for hydroxylation is 1. The second kappa shape index (κ2) is 4.60. The van der Waals surface area contributed by atoms with Crippen molar-refractivity contribution in [2.24, 2.45) is 0 Å². The van der Waals surface area contributed by atoms with Crippen LogP contribution in [0.25, 0.3) is 0 Å². The molecule has 1 aromatic rings. The fraction of sp³-hybridized carbons (Fsp3) is 0.125. The first-order valence-electron chi connectivity index (χ1n) is 2.72. The van der Waals surface area contributed by atoms with Crippen LogP contribution in [0.4, 0.5) is 0 Å². The average molecular weight is 205 g/mol. The van der Waals surface area contributed by atoms with Crippen molar-refractivity contribution in [2.45, 2.75) is 6.92 Å². The van der Waals surface area contributed by atoms with Gasteiger partial charge in [0, 0.05) is 0 Å². The van der Waals surface area contributed by atoms with E-state index in [9.17, 15) is 0 Å². The van der Waals surface area contributed by atoms with Gasteiger partial charge in [0.15, 0.2) is 0 Å². The van der Waals surface area contributed by atoms with Crippen LogP contribution in [0.3, 0.4) is 0 Å². The predicted molar refractivity (Wildman–Crippen MR) is 34.7 cm³/mol. The van der Waals surface area contributed by atoms with E-state index in [2.05, 4.69) is 6.07 Å². The minimum absolute atomic E-state index is 0. The zero-order valence-corrected chi connectivity index (χ0v) is 8.59. The summed E-state index contributed by atoms with van der Waals surface area (Å²) in [4.78, 5) is 0. The molecule has 0 spiro atoms. The SMILES string of the molecule is Cc1ccc[c-]c1C#N.[Y+3]. The molecule has 0 saturated heterocycles. The zero-order valence-electron chi connectivity index (χ0n) is 5.76. The predicted octanol–water partition coefficient (Wildman–Crippen LogP) is 1.66. The Bertz CT molecular complexity index is 250. The second-order valence-corrected chi connectivity index (χ2v) is 1.84. The molecule has 0 aliphatic heterocycles. The average Bonchev–Trinajstić information content (AvgIpc) is 1.89. The zero-order chi connectivity index (χ0) is 6.69. The van der Waals surface area contributed by atoms with Crippen molar-refractivity contribution < 1.29 is 32.7 Å². The van der Waals surface area contributed by atoms with Crippen molar-refractivity contribution in [1.82, 2.24) is 0 Å². The molecule has 1 aromatic carbocycles. The number of nitriles is 1. The van der Waals surface area contributed by atoms with Crippen LogP contribution in [0.1, 0.15) is 11.1 Å². The van der Waals surface area contributed by atoms with E-state index in [-0.39, 0.29) is 32.7 Å². The van der Waals surface area contributed by atoms with Gasteiger partial charge in [-0.15, -0.1) is 29.8 Å².